The van der Waals surface area contributed by atoms with Crippen LogP contribution in [0.4, 0.5) is 0 Å². The number of H-pyrrole nitrogens is 1. The highest BCUT2D eigenvalue weighted by molar-refractivity contribution is 6.34. The summed E-state index contributed by atoms with van der Waals surface area (Å²) >= 11 is 11.9. The maximum Gasteiger partial charge on any atom is 0.335 e. The van der Waals surface area contributed by atoms with E-state index in [0.29, 0.717) is 26.8 Å². The Bertz CT molecular complexity index is 907. The van der Waals surface area contributed by atoms with Crippen LogP contribution in [0.2, 0.25) is 10.0 Å². The lowest BCUT2D eigenvalue weighted by molar-refractivity contribution is 0.0697. The SMILES string of the molecule is O=C(O)c1ccc2c(c1)[nH]c(=O)n2-c1cc(Cl)cc(Cl)c1. The Hall–Kier alpha value is -2.24. The fourth-order valence-corrected chi connectivity index (χ4v) is 2.68. The molecule has 2 N–H and O–H groups in total. The molecule has 21 heavy (non-hydrogen) atoms. The Morgan fingerprint density at radius 3 is 2.38 bits per heavy atom. The third-order valence-corrected chi connectivity index (χ3v) is 3.47. The van der Waals surface area contributed by atoms with Gasteiger partial charge in [0, 0.05) is 10.0 Å². The van der Waals surface area contributed by atoms with Gasteiger partial charge in [-0.2, -0.15) is 0 Å². The smallest absolute Gasteiger partial charge is 0.335 e. The summed E-state index contributed by atoms with van der Waals surface area (Å²) in [7, 11) is 0. The number of nitrogens with one attached hydrogen (secondary N) is 1. The normalized spacial score (nSPS) is 11.0. The van der Waals surface area contributed by atoms with Gasteiger partial charge in [0.05, 0.1) is 22.3 Å². The van der Waals surface area contributed by atoms with Gasteiger partial charge < -0.3 is 10.1 Å². The van der Waals surface area contributed by atoms with Gasteiger partial charge in [-0.15, -0.1) is 0 Å². The maximum absolute atomic E-state index is 12.1. The number of aromatic carboxylic acids is 1. The first-order chi connectivity index (χ1) is 9.95. The molecule has 0 saturated carbocycles. The summed E-state index contributed by atoms with van der Waals surface area (Å²) in [5.74, 6) is -1.06. The van der Waals surface area contributed by atoms with Crippen molar-refractivity contribution in [2.75, 3.05) is 0 Å². The minimum absolute atomic E-state index is 0.0972. The lowest BCUT2D eigenvalue weighted by Gasteiger charge is -2.05. The van der Waals surface area contributed by atoms with Crippen molar-refractivity contribution < 1.29 is 9.90 Å². The lowest BCUT2D eigenvalue weighted by Crippen LogP contribution is -2.14. The summed E-state index contributed by atoms with van der Waals surface area (Å²) in [5, 5.41) is 9.78. The van der Waals surface area contributed by atoms with Gasteiger partial charge in [-0.3, -0.25) is 4.57 Å². The van der Waals surface area contributed by atoms with Crippen LogP contribution in [-0.2, 0) is 0 Å². The predicted molar refractivity (Wildman–Crippen MR) is 80.9 cm³/mol. The monoisotopic (exact) mass is 322 g/mol. The Kier molecular flexibility index (Phi) is 3.23. The average molecular weight is 323 g/mol. The van der Waals surface area contributed by atoms with Crippen molar-refractivity contribution >= 4 is 40.2 Å². The summed E-state index contributed by atoms with van der Waals surface area (Å²) in [6.07, 6.45) is 0. The standard InChI is InChI=1S/C14H8Cl2N2O3/c15-8-4-9(16)6-10(5-8)18-12-2-1-7(13(19)20)3-11(12)17-14(18)21/h1-6H,(H,17,21)(H,19,20). The third-order valence-electron chi connectivity index (χ3n) is 3.03. The molecule has 3 rings (SSSR count). The van der Waals surface area contributed by atoms with Crippen LogP contribution in [0.1, 0.15) is 10.4 Å². The van der Waals surface area contributed by atoms with Crippen LogP contribution in [0.15, 0.2) is 41.2 Å². The van der Waals surface area contributed by atoms with Crippen molar-refractivity contribution in [3.63, 3.8) is 0 Å². The van der Waals surface area contributed by atoms with Crippen LogP contribution < -0.4 is 5.69 Å². The number of nitrogens with zero attached hydrogens (tertiary/aromatic N) is 1. The number of aromatic nitrogens is 2. The minimum Gasteiger partial charge on any atom is -0.478 e. The molecule has 0 unspecified atom stereocenters. The maximum atomic E-state index is 12.1. The van der Waals surface area contributed by atoms with Crippen LogP contribution in [0.3, 0.4) is 0 Å². The summed E-state index contributed by atoms with van der Waals surface area (Å²) in [6.45, 7) is 0. The highest BCUT2D eigenvalue weighted by atomic mass is 35.5. The van der Waals surface area contributed by atoms with E-state index in [-0.39, 0.29) is 5.56 Å². The lowest BCUT2D eigenvalue weighted by atomic mass is 10.2. The number of halogens is 2. The Morgan fingerprint density at radius 2 is 1.76 bits per heavy atom. The highest BCUT2D eigenvalue weighted by Gasteiger charge is 2.12. The molecule has 1 heterocycles. The molecule has 3 aromatic rings. The quantitative estimate of drug-likeness (QED) is 0.759. The van der Waals surface area contributed by atoms with Crippen LogP contribution in [0, 0.1) is 0 Å². The molecule has 0 radical (unpaired) electrons. The first-order valence-corrected chi connectivity index (χ1v) is 6.66. The molecule has 0 amide bonds. The van der Waals surface area contributed by atoms with Crippen LogP contribution in [-0.4, -0.2) is 20.6 Å². The summed E-state index contributed by atoms with van der Waals surface area (Å²) in [5.41, 5.74) is 1.18. The van der Waals surface area contributed by atoms with E-state index in [9.17, 15) is 9.59 Å². The molecule has 0 fully saturated rings. The van der Waals surface area contributed by atoms with E-state index in [1.165, 1.54) is 16.7 Å². The predicted octanol–water partition coefficient (Wildman–Crippen LogP) is 3.32. The molecule has 0 spiro atoms. The number of benzene rings is 2. The second-order valence-corrected chi connectivity index (χ2v) is 5.30. The van der Waals surface area contributed by atoms with E-state index in [1.54, 1.807) is 24.3 Å². The molecule has 106 valence electrons. The number of hydrogen-bond acceptors (Lipinski definition) is 2. The number of fused-ring (bicyclic) bond motifs is 1. The second kappa shape index (κ2) is 4.95. The van der Waals surface area contributed by atoms with Crippen molar-refractivity contribution in [3.8, 4) is 5.69 Å². The molecule has 0 aliphatic heterocycles. The fourth-order valence-electron chi connectivity index (χ4n) is 2.17. The molecule has 5 nitrogen and oxygen atoms in total. The number of aromatic amines is 1. The molecular weight excluding hydrogens is 315 g/mol. The van der Waals surface area contributed by atoms with E-state index < -0.39 is 11.7 Å². The number of imidazole rings is 1. The van der Waals surface area contributed by atoms with Gasteiger partial charge in [-0.05, 0) is 36.4 Å². The molecule has 0 aliphatic rings. The van der Waals surface area contributed by atoms with Crippen molar-refractivity contribution in [2.45, 2.75) is 0 Å². The number of carbonyl (C=O) groups is 1. The molecule has 2 aromatic carbocycles. The van der Waals surface area contributed by atoms with Gasteiger partial charge in [0.25, 0.3) is 0 Å². The highest BCUT2D eigenvalue weighted by Crippen LogP contribution is 2.23. The zero-order chi connectivity index (χ0) is 15.1. The molecule has 0 bridgehead atoms. The minimum atomic E-state index is -1.06. The molecule has 1 aromatic heterocycles. The van der Waals surface area contributed by atoms with Crippen molar-refractivity contribution in [2.24, 2.45) is 0 Å². The molecule has 0 atom stereocenters. The number of carboxylic acids is 1. The van der Waals surface area contributed by atoms with Gasteiger partial charge in [0.1, 0.15) is 0 Å². The number of hydrogen-bond donors (Lipinski definition) is 2. The first-order valence-electron chi connectivity index (χ1n) is 5.90. The fraction of sp³-hybridized carbons (Fsp3) is 0. The first kappa shape index (κ1) is 13.7. The molecular formula is C14H8Cl2N2O3. The Balaban J connectivity index is 2.30. The van der Waals surface area contributed by atoms with E-state index in [2.05, 4.69) is 4.98 Å². The van der Waals surface area contributed by atoms with E-state index in [0.717, 1.165) is 0 Å². The Morgan fingerprint density at radius 1 is 1.10 bits per heavy atom. The van der Waals surface area contributed by atoms with E-state index in [1.807, 2.05) is 0 Å². The largest absolute Gasteiger partial charge is 0.478 e. The van der Waals surface area contributed by atoms with Crippen LogP contribution in [0.5, 0.6) is 0 Å². The number of rotatable bonds is 2. The topological polar surface area (TPSA) is 75.1 Å². The Labute approximate surface area is 128 Å². The molecule has 7 heteroatoms. The van der Waals surface area contributed by atoms with Crippen molar-refractivity contribution in [1.29, 1.82) is 0 Å². The van der Waals surface area contributed by atoms with Crippen molar-refractivity contribution in [1.82, 2.24) is 9.55 Å². The third kappa shape index (κ3) is 2.41. The van der Waals surface area contributed by atoms with Crippen LogP contribution in [0.25, 0.3) is 16.7 Å². The zero-order valence-corrected chi connectivity index (χ0v) is 11.9. The number of carboxylic acid groups (broad SMARTS) is 1. The van der Waals surface area contributed by atoms with Gasteiger partial charge in [-0.1, -0.05) is 23.2 Å². The van der Waals surface area contributed by atoms with Gasteiger partial charge in [0.15, 0.2) is 0 Å². The van der Waals surface area contributed by atoms with Crippen LogP contribution >= 0.6 is 23.2 Å². The average Bonchev–Trinajstić information content (AvgIpc) is 2.72. The zero-order valence-electron chi connectivity index (χ0n) is 10.4. The van der Waals surface area contributed by atoms with E-state index in [4.69, 9.17) is 28.3 Å². The summed E-state index contributed by atoms with van der Waals surface area (Å²) in [6, 6.07) is 9.17. The van der Waals surface area contributed by atoms with Crippen molar-refractivity contribution in [3.05, 3.63) is 62.5 Å². The second-order valence-electron chi connectivity index (χ2n) is 4.43. The summed E-state index contributed by atoms with van der Waals surface area (Å²) < 4.78 is 1.39. The summed E-state index contributed by atoms with van der Waals surface area (Å²) in [4.78, 5) is 25.7. The molecule has 0 saturated heterocycles. The molecule has 0 aliphatic carbocycles. The van der Waals surface area contributed by atoms with Gasteiger partial charge in [-0.25, -0.2) is 9.59 Å². The van der Waals surface area contributed by atoms with E-state index >= 15 is 0 Å². The van der Waals surface area contributed by atoms with Gasteiger partial charge in [0.2, 0.25) is 0 Å². The van der Waals surface area contributed by atoms with Gasteiger partial charge >= 0.3 is 11.7 Å².